The minimum Gasteiger partial charge on any atom is -0.390 e. The summed E-state index contributed by atoms with van der Waals surface area (Å²) >= 11 is 1.27. The molecule has 0 aromatic rings. The molecule has 0 radical (unpaired) electrons. The van der Waals surface area contributed by atoms with Crippen LogP contribution in [0.15, 0.2) is 22.9 Å². The highest BCUT2D eigenvalue weighted by Gasteiger charge is 2.43. The van der Waals surface area contributed by atoms with E-state index in [2.05, 4.69) is 10.6 Å². The molecule has 0 bridgehead atoms. The van der Waals surface area contributed by atoms with Crippen LogP contribution in [0, 0.1) is 11.8 Å². The number of nitrogens with one attached hydrogen (secondary N) is 2. The smallest absolute Gasteiger partial charge is 0.334 e. The highest BCUT2D eigenvalue weighted by molar-refractivity contribution is 8.03. The SMILES string of the molecule is C/C=C/C[C@@H](C)[C@@H](O)[C@@H](C(=O)N[C@@H](CC)C(=O)N(C)/C(SCCN(C)C)=C(/C)N(C)[C@@H](CC(C)(C)O)C(=O)NC(=O)N(C)C(N)=O)N(C)C(=O)[C@H](C(C)C)N(C)C(=O)N(C)C(=O)N(C)C(=O)CC. The van der Waals surface area contributed by atoms with Gasteiger partial charge < -0.3 is 45.8 Å². The number of likely N-dealkylation sites (N-methyl/N-ethyl adjacent to an activating group) is 4. The second kappa shape index (κ2) is 28.3. The van der Waals surface area contributed by atoms with Crippen LogP contribution in [0.4, 0.5) is 19.2 Å². The summed E-state index contributed by atoms with van der Waals surface area (Å²) in [4.78, 5) is 130. The van der Waals surface area contributed by atoms with Crippen LogP contribution in [0.3, 0.4) is 0 Å². The number of amides is 13. The third kappa shape index (κ3) is 18.0. The van der Waals surface area contributed by atoms with Gasteiger partial charge in [0, 0.05) is 80.2 Å². The number of primary amides is 1. The molecule has 388 valence electrons. The normalized spacial score (nSPS) is 14.7. The van der Waals surface area contributed by atoms with Gasteiger partial charge in [-0.15, -0.1) is 11.8 Å². The monoisotopic (exact) mass is 984 g/mol. The average molecular weight is 984 g/mol. The minimum absolute atomic E-state index is 0.0103. The Labute approximate surface area is 407 Å². The number of urea groups is 4. The Balaban J connectivity index is 7.36. The zero-order valence-corrected chi connectivity index (χ0v) is 44.4. The van der Waals surface area contributed by atoms with E-state index in [4.69, 9.17) is 5.73 Å². The molecule has 0 aromatic carbocycles. The van der Waals surface area contributed by atoms with Crippen molar-refractivity contribution in [3.63, 3.8) is 0 Å². The molecule has 0 rings (SSSR count). The molecule has 0 saturated heterocycles. The van der Waals surface area contributed by atoms with Crippen molar-refractivity contribution in [1.82, 2.24) is 49.8 Å². The van der Waals surface area contributed by atoms with E-state index in [9.17, 15) is 53.4 Å². The van der Waals surface area contributed by atoms with Gasteiger partial charge in [-0.3, -0.25) is 34.2 Å². The standard InChI is InChI=1S/C45H81N11O11S/c1-19-22-23-28(6)35(58)34(52(14)39(62)33(27(4)5)53(15)44(66)56(18)43(65)51(13)32(57)21-3)37(60)47-30(20-2)38(61)54(16)40(68-25-24-49(10)11)29(7)50(12)31(26-45(8,9)67)36(59)48-42(64)55(17)41(46)63/h19,22,27-28,30-31,33-35,58,67H,20-21,23-26H2,1-18H3,(H2,46,63)(H,47,60)(H,48,59,64)/b22-19+,40-29+/t28-,30+,31+,33+,34+,35-/m1/s1. The molecule has 23 heteroatoms. The average Bonchev–Trinajstić information content (AvgIpc) is 3.27. The zero-order valence-electron chi connectivity index (χ0n) is 43.6. The molecule has 0 aliphatic carbocycles. The van der Waals surface area contributed by atoms with E-state index in [0.29, 0.717) is 39.2 Å². The Morgan fingerprint density at radius 2 is 1.31 bits per heavy atom. The van der Waals surface area contributed by atoms with Crippen molar-refractivity contribution in [3.05, 3.63) is 22.9 Å². The predicted molar refractivity (Wildman–Crippen MR) is 261 cm³/mol. The maximum absolute atomic E-state index is 14.6. The highest BCUT2D eigenvalue weighted by atomic mass is 32.2. The number of aliphatic hydroxyl groups is 2. The molecule has 13 amide bonds. The summed E-state index contributed by atoms with van der Waals surface area (Å²) in [5.74, 6) is -4.34. The molecular formula is C45H81N11O11S. The number of imide groups is 4. The number of rotatable bonds is 23. The van der Waals surface area contributed by atoms with Gasteiger partial charge in [0.2, 0.25) is 23.6 Å². The summed E-state index contributed by atoms with van der Waals surface area (Å²) in [6.07, 6.45) is 2.26. The summed E-state index contributed by atoms with van der Waals surface area (Å²) in [6.45, 7) is 15.2. The summed E-state index contributed by atoms with van der Waals surface area (Å²) < 4.78 is 0. The largest absolute Gasteiger partial charge is 0.390 e. The molecule has 6 N–H and O–H groups in total. The van der Waals surface area contributed by atoms with Gasteiger partial charge >= 0.3 is 24.1 Å². The van der Waals surface area contributed by atoms with Crippen LogP contribution in [-0.4, -0.2) is 215 Å². The summed E-state index contributed by atoms with van der Waals surface area (Å²) in [5, 5.41) is 28.0. The Morgan fingerprint density at radius 3 is 1.76 bits per heavy atom. The molecule has 68 heavy (non-hydrogen) atoms. The Hall–Kier alpha value is -5.26. The number of nitrogens with zero attached hydrogens (tertiary/aromatic N) is 8. The van der Waals surface area contributed by atoms with Crippen LogP contribution in [0.5, 0.6) is 0 Å². The fourth-order valence-corrected chi connectivity index (χ4v) is 8.23. The van der Waals surface area contributed by atoms with Crippen molar-refractivity contribution in [3.8, 4) is 0 Å². The van der Waals surface area contributed by atoms with E-state index in [0.717, 1.165) is 21.7 Å². The molecule has 0 heterocycles. The van der Waals surface area contributed by atoms with E-state index >= 15 is 0 Å². The first-order valence-corrected chi connectivity index (χ1v) is 23.5. The lowest BCUT2D eigenvalue weighted by molar-refractivity contribution is -0.149. The maximum Gasteiger partial charge on any atom is 0.334 e. The second-order valence-corrected chi connectivity index (χ2v) is 19.2. The van der Waals surface area contributed by atoms with Crippen molar-refractivity contribution in [2.24, 2.45) is 17.6 Å². The topological polar surface area (TPSA) is 270 Å². The van der Waals surface area contributed by atoms with Gasteiger partial charge in [-0.25, -0.2) is 29.0 Å². The van der Waals surface area contributed by atoms with Crippen LogP contribution in [0.25, 0.3) is 0 Å². The number of nitrogens with two attached hydrogens (primary N) is 1. The van der Waals surface area contributed by atoms with E-state index in [-0.39, 0.29) is 19.3 Å². The minimum atomic E-state index is -1.60. The van der Waals surface area contributed by atoms with Crippen molar-refractivity contribution >= 4 is 65.4 Å². The van der Waals surface area contributed by atoms with Gasteiger partial charge in [-0.05, 0) is 66.5 Å². The van der Waals surface area contributed by atoms with Crippen LogP contribution in [0.2, 0.25) is 0 Å². The number of carbonyl (C=O) groups excluding carboxylic acids is 9. The summed E-state index contributed by atoms with van der Waals surface area (Å²) in [5.41, 5.74) is 4.16. The fraction of sp³-hybridized carbons (Fsp3) is 0.711. The van der Waals surface area contributed by atoms with E-state index in [1.54, 1.807) is 67.7 Å². The zero-order chi connectivity index (χ0) is 53.3. The third-order valence-corrected chi connectivity index (χ3v) is 12.7. The van der Waals surface area contributed by atoms with E-state index in [1.165, 1.54) is 70.6 Å². The molecule has 0 aliphatic heterocycles. The molecule has 0 saturated carbocycles. The fourth-order valence-electron chi connectivity index (χ4n) is 6.95. The van der Waals surface area contributed by atoms with Crippen molar-refractivity contribution in [2.45, 2.75) is 124 Å². The lowest BCUT2D eigenvalue weighted by atomic mass is 9.91. The highest BCUT2D eigenvalue weighted by Crippen LogP contribution is 2.29. The van der Waals surface area contributed by atoms with E-state index in [1.807, 2.05) is 19.0 Å². The van der Waals surface area contributed by atoms with Crippen LogP contribution >= 0.6 is 11.8 Å². The van der Waals surface area contributed by atoms with Crippen molar-refractivity contribution < 1.29 is 53.4 Å². The molecule has 0 aliphatic rings. The second-order valence-electron chi connectivity index (χ2n) is 18.1. The molecule has 0 aromatic heterocycles. The van der Waals surface area contributed by atoms with Crippen LogP contribution < -0.4 is 16.4 Å². The number of allylic oxidation sites excluding steroid dienone is 3. The van der Waals surface area contributed by atoms with Crippen LogP contribution in [-0.2, 0) is 24.0 Å². The van der Waals surface area contributed by atoms with Gasteiger partial charge in [-0.1, -0.05) is 46.8 Å². The predicted octanol–water partition coefficient (Wildman–Crippen LogP) is 2.32. The van der Waals surface area contributed by atoms with Gasteiger partial charge in [0.1, 0.15) is 24.2 Å². The summed E-state index contributed by atoms with van der Waals surface area (Å²) in [6, 6.07) is -9.33. The lowest BCUT2D eigenvalue weighted by Crippen LogP contribution is -2.63. The van der Waals surface area contributed by atoms with Gasteiger partial charge in [0.15, 0.2) is 0 Å². The number of carbonyl (C=O) groups is 9. The van der Waals surface area contributed by atoms with Gasteiger partial charge in [0.05, 0.1) is 16.7 Å². The van der Waals surface area contributed by atoms with Gasteiger partial charge in [0.25, 0.3) is 5.91 Å². The number of hydrogen-bond acceptors (Lipinski definition) is 14. The first-order chi connectivity index (χ1) is 31.2. The molecule has 0 spiro atoms. The Bertz CT molecular complexity index is 1860. The number of aliphatic hydroxyl groups excluding tert-OH is 1. The third-order valence-electron chi connectivity index (χ3n) is 11.4. The molecule has 0 fully saturated rings. The maximum atomic E-state index is 14.6. The Morgan fingerprint density at radius 1 is 0.750 bits per heavy atom. The van der Waals surface area contributed by atoms with E-state index < -0.39 is 101 Å². The number of thioether (sulfide) groups is 1. The first kappa shape index (κ1) is 62.7. The molecule has 22 nitrogen and oxygen atoms in total. The Kier molecular flexibility index (Phi) is 26.1. The van der Waals surface area contributed by atoms with Gasteiger partial charge in [-0.2, -0.15) is 0 Å². The van der Waals surface area contributed by atoms with Crippen molar-refractivity contribution in [1.29, 1.82) is 0 Å². The molecular weight excluding hydrogens is 903 g/mol. The molecule has 6 atom stereocenters. The lowest BCUT2D eigenvalue weighted by Gasteiger charge is -2.40. The van der Waals surface area contributed by atoms with Crippen LogP contribution in [0.1, 0.15) is 88.0 Å². The quantitative estimate of drug-likeness (QED) is 0.0921. The summed E-state index contributed by atoms with van der Waals surface area (Å²) in [7, 11) is 12.9. The number of hydrogen-bond donors (Lipinski definition) is 5. The molecule has 0 unspecified atom stereocenters. The first-order valence-electron chi connectivity index (χ1n) is 22.5. The van der Waals surface area contributed by atoms with Crippen molar-refractivity contribution in [2.75, 3.05) is 75.7 Å².